The van der Waals surface area contributed by atoms with Crippen LogP contribution in [-0.2, 0) is 11.3 Å². The van der Waals surface area contributed by atoms with Crippen molar-refractivity contribution in [1.29, 1.82) is 0 Å². The molecule has 1 atom stereocenters. The molecule has 1 unspecified atom stereocenters. The van der Waals surface area contributed by atoms with E-state index in [2.05, 4.69) is 15.2 Å². The molecule has 2 aromatic heterocycles. The van der Waals surface area contributed by atoms with Gasteiger partial charge in [0, 0.05) is 56.1 Å². The predicted molar refractivity (Wildman–Crippen MR) is 99.8 cm³/mol. The standard InChI is InChI=1S/C20H25N5O2/c1-15-11-17(23-22-15)19(27)24-10-2-6-20(13-24)7-3-18(26)25(14-20)12-16-4-8-21-9-5-16/h4-5,8-9,11H,2-3,6-7,10,12-14H2,1H3,(H,22,23). The van der Waals surface area contributed by atoms with E-state index in [1.54, 1.807) is 18.5 Å². The van der Waals surface area contributed by atoms with Crippen LogP contribution in [0, 0.1) is 12.3 Å². The second-order valence-corrected chi connectivity index (χ2v) is 7.87. The Morgan fingerprint density at radius 3 is 2.81 bits per heavy atom. The van der Waals surface area contributed by atoms with E-state index in [0.29, 0.717) is 31.7 Å². The monoisotopic (exact) mass is 367 g/mol. The van der Waals surface area contributed by atoms with Gasteiger partial charge in [0.15, 0.2) is 0 Å². The predicted octanol–water partition coefficient (Wildman–Crippen LogP) is 2.16. The molecule has 142 valence electrons. The zero-order chi connectivity index (χ0) is 18.9. The summed E-state index contributed by atoms with van der Waals surface area (Å²) < 4.78 is 0. The normalized spacial score (nSPS) is 23.1. The topological polar surface area (TPSA) is 82.2 Å². The number of amides is 2. The van der Waals surface area contributed by atoms with E-state index in [9.17, 15) is 9.59 Å². The van der Waals surface area contributed by atoms with Crippen molar-refractivity contribution in [2.75, 3.05) is 19.6 Å². The van der Waals surface area contributed by atoms with Crippen molar-refractivity contribution < 1.29 is 9.59 Å². The van der Waals surface area contributed by atoms with Gasteiger partial charge in [0.25, 0.3) is 5.91 Å². The number of likely N-dealkylation sites (tertiary alicyclic amines) is 2. The van der Waals surface area contributed by atoms with E-state index < -0.39 is 0 Å². The minimum Gasteiger partial charge on any atom is -0.338 e. The molecule has 0 radical (unpaired) electrons. The summed E-state index contributed by atoms with van der Waals surface area (Å²) >= 11 is 0. The molecule has 27 heavy (non-hydrogen) atoms. The van der Waals surface area contributed by atoms with Crippen LogP contribution < -0.4 is 0 Å². The first-order valence-electron chi connectivity index (χ1n) is 9.53. The lowest BCUT2D eigenvalue weighted by atomic mass is 9.73. The number of carbonyl (C=O) groups excluding carboxylic acids is 2. The van der Waals surface area contributed by atoms with Gasteiger partial charge in [-0.25, -0.2) is 0 Å². The molecule has 2 fully saturated rings. The van der Waals surface area contributed by atoms with E-state index in [4.69, 9.17) is 0 Å². The van der Waals surface area contributed by atoms with E-state index >= 15 is 0 Å². The highest BCUT2D eigenvalue weighted by atomic mass is 16.2. The quantitative estimate of drug-likeness (QED) is 0.901. The van der Waals surface area contributed by atoms with E-state index in [0.717, 1.165) is 37.1 Å². The van der Waals surface area contributed by atoms with Gasteiger partial charge in [-0.15, -0.1) is 0 Å². The minimum absolute atomic E-state index is 0.0137. The second kappa shape index (κ2) is 7.13. The summed E-state index contributed by atoms with van der Waals surface area (Å²) in [6.45, 7) is 4.65. The Balaban J connectivity index is 1.48. The van der Waals surface area contributed by atoms with Crippen LogP contribution in [0.5, 0.6) is 0 Å². The molecule has 0 aromatic carbocycles. The number of hydrogen-bond acceptors (Lipinski definition) is 4. The van der Waals surface area contributed by atoms with Gasteiger partial charge in [0.1, 0.15) is 5.69 Å². The third kappa shape index (κ3) is 3.72. The highest BCUT2D eigenvalue weighted by Crippen LogP contribution is 2.39. The smallest absolute Gasteiger partial charge is 0.274 e. The Bertz CT molecular complexity index is 834. The number of aromatic nitrogens is 3. The summed E-state index contributed by atoms with van der Waals surface area (Å²) in [4.78, 5) is 33.2. The Hall–Kier alpha value is -2.70. The summed E-state index contributed by atoms with van der Waals surface area (Å²) in [7, 11) is 0. The van der Waals surface area contributed by atoms with Crippen molar-refractivity contribution in [2.24, 2.45) is 5.41 Å². The number of nitrogens with one attached hydrogen (secondary N) is 1. The molecule has 1 N–H and O–H groups in total. The molecule has 0 bridgehead atoms. The Kier molecular flexibility index (Phi) is 4.68. The largest absolute Gasteiger partial charge is 0.338 e. The van der Waals surface area contributed by atoms with Crippen molar-refractivity contribution >= 4 is 11.8 Å². The molecular formula is C20H25N5O2. The van der Waals surface area contributed by atoms with E-state index in [-0.39, 0.29) is 17.2 Å². The first-order valence-corrected chi connectivity index (χ1v) is 9.53. The van der Waals surface area contributed by atoms with Crippen molar-refractivity contribution in [3.8, 4) is 0 Å². The van der Waals surface area contributed by atoms with Gasteiger partial charge in [-0.3, -0.25) is 19.7 Å². The van der Waals surface area contributed by atoms with Crippen molar-refractivity contribution in [1.82, 2.24) is 25.0 Å². The van der Waals surface area contributed by atoms with Crippen molar-refractivity contribution in [3.05, 3.63) is 47.5 Å². The van der Waals surface area contributed by atoms with Crippen LogP contribution in [0.15, 0.2) is 30.6 Å². The maximum Gasteiger partial charge on any atom is 0.274 e. The summed E-state index contributed by atoms with van der Waals surface area (Å²) in [6.07, 6.45) is 6.93. The Morgan fingerprint density at radius 2 is 2.07 bits per heavy atom. The first kappa shape index (κ1) is 17.7. The van der Waals surface area contributed by atoms with Crippen LogP contribution in [0.3, 0.4) is 0 Å². The van der Waals surface area contributed by atoms with Crippen LogP contribution in [0.4, 0.5) is 0 Å². The SMILES string of the molecule is Cc1cc(C(=O)N2CCCC3(CCC(=O)N(Cc4ccncc4)C3)C2)n[nH]1. The van der Waals surface area contributed by atoms with Crippen LogP contribution in [0.25, 0.3) is 0 Å². The van der Waals surface area contributed by atoms with Gasteiger partial charge in [-0.1, -0.05) is 0 Å². The number of aryl methyl sites for hydroxylation is 1. The summed E-state index contributed by atoms with van der Waals surface area (Å²) in [5.41, 5.74) is 2.44. The minimum atomic E-state index is -0.0176. The van der Waals surface area contributed by atoms with Gasteiger partial charge in [-0.2, -0.15) is 5.10 Å². The number of carbonyl (C=O) groups is 2. The van der Waals surface area contributed by atoms with E-state index in [1.165, 1.54) is 0 Å². The third-order valence-corrected chi connectivity index (χ3v) is 5.74. The average Bonchev–Trinajstić information content (AvgIpc) is 3.12. The maximum absolute atomic E-state index is 12.8. The number of nitrogens with zero attached hydrogens (tertiary/aromatic N) is 4. The molecule has 2 aromatic rings. The van der Waals surface area contributed by atoms with Gasteiger partial charge >= 0.3 is 0 Å². The fourth-order valence-corrected chi connectivity index (χ4v) is 4.36. The van der Waals surface area contributed by atoms with E-state index in [1.807, 2.05) is 28.9 Å². The number of pyridine rings is 1. The molecule has 2 saturated heterocycles. The Morgan fingerprint density at radius 1 is 1.26 bits per heavy atom. The average molecular weight is 367 g/mol. The zero-order valence-corrected chi connectivity index (χ0v) is 15.6. The molecule has 2 amide bonds. The molecule has 0 saturated carbocycles. The molecule has 0 aliphatic carbocycles. The van der Waals surface area contributed by atoms with Crippen LogP contribution in [0.1, 0.15) is 47.4 Å². The fourth-order valence-electron chi connectivity index (χ4n) is 4.36. The third-order valence-electron chi connectivity index (χ3n) is 5.74. The number of hydrogen-bond donors (Lipinski definition) is 1. The highest BCUT2D eigenvalue weighted by molar-refractivity contribution is 5.92. The lowest BCUT2D eigenvalue weighted by molar-refractivity contribution is -0.139. The van der Waals surface area contributed by atoms with Gasteiger partial charge in [0.2, 0.25) is 5.91 Å². The maximum atomic E-state index is 12.8. The van der Waals surface area contributed by atoms with Crippen molar-refractivity contribution in [2.45, 2.75) is 39.2 Å². The summed E-state index contributed by atoms with van der Waals surface area (Å²) in [6, 6.07) is 5.69. The number of piperidine rings is 2. The number of aromatic amines is 1. The Labute approximate surface area is 158 Å². The molecule has 7 nitrogen and oxygen atoms in total. The highest BCUT2D eigenvalue weighted by Gasteiger charge is 2.43. The van der Waals surface area contributed by atoms with Crippen LogP contribution in [-0.4, -0.2) is 56.4 Å². The fraction of sp³-hybridized carbons (Fsp3) is 0.500. The van der Waals surface area contributed by atoms with Crippen molar-refractivity contribution in [3.63, 3.8) is 0 Å². The van der Waals surface area contributed by atoms with Gasteiger partial charge in [-0.05, 0) is 49.9 Å². The lowest BCUT2D eigenvalue weighted by Gasteiger charge is -2.48. The lowest BCUT2D eigenvalue weighted by Crippen LogP contribution is -2.54. The molecular weight excluding hydrogens is 342 g/mol. The summed E-state index contributed by atoms with van der Waals surface area (Å²) in [5, 5.41) is 6.96. The number of rotatable bonds is 3. The second-order valence-electron chi connectivity index (χ2n) is 7.87. The molecule has 4 rings (SSSR count). The van der Waals surface area contributed by atoms with Crippen LogP contribution in [0.2, 0.25) is 0 Å². The molecule has 2 aliphatic rings. The summed E-state index contributed by atoms with van der Waals surface area (Å²) in [5.74, 6) is 0.180. The zero-order valence-electron chi connectivity index (χ0n) is 15.6. The number of H-pyrrole nitrogens is 1. The van der Waals surface area contributed by atoms with Gasteiger partial charge in [0.05, 0.1) is 0 Å². The van der Waals surface area contributed by atoms with Gasteiger partial charge < -0.3 is 9.80 Å². The molecule has 1 spiro atoms. The van der Waals surface area contributed by atoms with Crippen LogP contribution >= 0.6 is 0 Å². The molecule has 4 heterocycles. The first-order chi connectivity index (χ1) is 13.0. The molecule has 2 aliphatic heterocycles. The molecule has 7 heteroatoms.